The van der Waals surface area contributed by atoms with Gasteiger partial charge < -0.3 is 0 Å². The predicted octanol–water partition coefficient (Wildman–Crippen LogP) is 12.3. The van der Waals surface area contributed by atoms with Gasteiger partial charge in [0.05, 0.1) is 5.41 Å². The number of benzene rings is 7. The second-order valence-electron chi connectivity index (χ2n) is 14.8. The SMILES string of the molecule is CC.CC1(C)C2=C(C=CCC2)C2(c3ccccc3-c3cc(C(c4ccc5ccccc5c4)c4ccc5ccccc5c4)ccc32)c2ccccc21.NN. The highest BCUT2D eigenvalue weighted by Gasteiger charge is 2.54. The summed E-state index contributed by atoms with van der Waals surface area (Å²) in [6.07, 6.45) is 7.10. The van der Waals surface area contributed by atoms with Crippen LogP contribution in [0.2, 0.25) is 0 Å². The molecule has 7 aromatic rings. The van der Waals surface area contributed by atoms with Gasteiger partial charge in [-0.2, -0.15) is 0 Å². The Morgan fingerprint density at radius 1 is 0.491 bits per heavy atom. The van der Waals surface area contributed by atoms with E-state index in [0.29, 0.717) is 0 Å². The lowest BCUT2D eigenvalue weighted by molar-refractivity contribution is 0.524. The van der Waals surface area contributed by atoms with Crippen molar-refractivity contribution < 1.29 is 0 Å². The van der Waals surface area contributed by atoms with Gasteiger partial charge >= 0.3 is 0 Å². The van der Waals surface area contributed by atoms with E-state index in [4.69, 9.17) is 0 Å². The van der Waals surface area contributed by atoms with Gasteiger partial charge in [-0.25, -0.2) is 0 Å². The first-order chi connectivity index (χ1) is 26.0. The molecule has 1 spiro atoms. The predicted molar refractivity (Wildman–Crippen MR) is 225 cm³/mol. The largest absolute Gasteiger partial charge is 0.274 e. The van der Waals surface area contributed by atoms with Crippen LogP contribution >= 0.6 is 0 Å². The van der Waals surface area contributed by atoms with Gasteiger partial charge in [-0.15, -0.1) is 0 Å². The molecule has 7 aromatic carbocycles. The van der Waals surface area contributed by atoms with Gasteiger partial charge in [0.2, 0.25) is 0 Å². The Bertz CT molecular complexity index is 2470. The molecule has 1 atom stereocenters. The summed E-state index contributed by atoms with van der Waals surface area (Å²) in [5.41, 5.74) is 15.1. The summed E-state index contributed by atoms with van der Waals surface area (Å²) in [7, 11) is 0. The second-order valence-corrected chi connectivity index (χ2v) is 14.8. The van der Waals surface area contributed by atoms with Crippen molar-refractivity contribution in [2.75, 3.05) is 0 Å². The van der Waals surface area contributed by atoms with Gasteiger partial charge in [0, 0.05) is 11.3 Å². The van der Waals surface area contributed by atoms with Crippen molar-refractivity contribution in [2.45, 2.75) is 57.3 Å². The smallest absolute Gasteiger partial charge is 0.0716 e. The average molecular weight is 689 g/mol. The van der Waals surface area contributed by atoms with Crippen molar-refractivity contribution in [3.05, 3.63) is 214 Å². The Kier molecular flexibility index (Phi) is 8.98. The maximum absolute atomic E-state index is 4.00. The fraction of sp³-hybridized carbons (Fsp3) is 0.176. The standard InChI is InChI=1S/C49H38.C2H6.H4N2/c1-48(2)43-19-9-11-21-45(43)49(46-22-12-10-20-44(46)48)41-18-8-7-17-39(41)40-31-38(27-28-42(40)49)47(36-25-23-32-13-3-5-15-34(32)29-36)37-26-24-33-14-4-6-16-35(33)30-37;2*1-2/h3-9,11-19,21-31,47H,10,20H2,1-2H3;1-2H3;1-2H2. The molecule has 0 saturated carbocycles. The first-order valence-corrected chi connectivity index (χ1v) is 19.1. The van der Waals surface area contributed by atoms with Crippen LogP contribution in [-0.2, 0) is 10.8 Å². The zero-order valence-electron chi connectivity index (χ0n) is 31.2. The Balaban J connectivity index is 0.000000969. The summed E-state index contributed by atoms with van der Waals surface area (Å²) in [5.74, 6) is 8.09. The van der Waals surface area contributed by atoms with E-state index < -0.39 is 0 Å². The van der Waals surface area contributed by atoms with Crippen molar-refractivity contribution in [3.63, 3.8) is 0 Å². The number of allylic oxidation sites excluding steroid dienone is 4. The van der Waals surface area contributed by atoms with Crippen molar-refractivity contribution in [3.8, 4) is 11.1 Å². The first-order valence-electron chi connectivity index (χ1n) is 19.1. The van der Waals surface area contributed by atoms with Crippen LogP contribution < -0.4 is 11.7 Å². The summed E-state index contributed by atoms with van der Waals surface area (Å²) in [5, 5.41) is 5.11. The highest BCUT2D eigenvalue weighted by molar-refractivity contribution is 5.90. The van der Waals surface area contributed by atoms with E-state index in [0.717, 1.165) is 12.8 Å². The quantitative estimate of drug-likeness (QED) is 0.110. The van der Waals surface area contributed by atoms with Gasteiger partial charge in [0.15, 0.2) is 0 Å². The lowest BCUT2D eigenvalue weighted by Gasteiger charge is -2.48. The summed E-state index contributed by atoms with van der Waals surface area (Å²) in [6, 6.07) is 57.5. The van der Waals surface area contributed by atoms with Crippen molar-refractivity contribution in [1.82, 2.24) is 0 Å². The number of hydrogen-bond donors (Lipinski definition) is 2. The molecule has 3 aliphatic rings. The molecule has 2 heteroatoms. The Morgan fingerprint density at radius 3 is 1.62 bits per heavy atom. The van der Waals surface area contributed by atoms with E-state index in [2.05, 4.69) is 189 Å². The second kappa shape index (κ2) is 13.8. The van der Waals surface area contributed by atoms with Crippen LogP contribution in [0.25, 0.3) is 32.7 Å². The topological polar surface area (TPSA) is 52.0 Å². The third-order valence-electron chi connectivity index (χ3n) is 11.9. The maximum Gasteiger partial charge on any atom is 0.0716 e. The van der Waals surface area contributed by atoms with Gasteiger partial charge in [-0.3, -0.25) is 11.7 Å². The lowest BCUT2D eigenvalue weighted by Crippen LogP contribution is -2.41. The molecule has 0 aromatic heterocycles. The molecule has 262 valence electrons. The summed E-state index contributed by atoms with van der Waals surface area (Å²) in [4.78, 5) is 0. The molecule has 0 bridgehead atoms. The Labute approximate surface area is 314 Å². The number of nitrogens with two attached hydrogens (primary N) is 2. The minimum atomic E-state index is -0.329. The molecule has 0 aliphatic heterocycles. The highest BCUT2D eigenvalue weighted by atomic mass is 15.0. The minimum Gasteiger partial charge on any atom is -0.274 e. The van der Waals surface area contributed by atoms with E-state index in [9.17, 15) is 0 Å². The van der Waals surface area contributed by atoms with Crippen molar-refractivity contribution >= 4 is 21.5 Å². The van der Waals surface area contributed by atoms with E-state index in [1.165, 1.54) is 77.2 Å². The average Bonchev–Trinajstić information content (AvgIpc) is 3.52. The molecule has 0 fully saturated rings. The van der Waals surface area contributed by atoms with Crippen LogP contribution in [0.5, 0.6) is 0 Å². The Morgan fingerprint density at radius 2 is 0.981 bits per heavy atom. The molecule has 2 nitrogen and oxygen atoms in total. The van der Waals surface area contributed by atoms with Crippen molar-refractivity contribution in [2.24, 2.45) is 11.7 Å². The molecule has 53 heavy (non-hydrogen) atoms. The van der Waals surface area contributed by atoms with Crippen LogP contribution in [0.4, 0.5) is 0 Å². The Hall–Kier alpha value is -5.54. The van der Waals surface area contributed by atoms with Gasteiger partial charge in [-0.1, -0.05) is 191 Å². The molecular formula is C51H48N2. The number of hydrogen-bond acceptors (Lipinski definition) is 2. The molecule has 4 N–H and O–H groups in total. The fourth-order valence-electron chi connectivity index (χ4n) is 9.74. The number of fused-ring (bicyclic) bond motifs is 10. The van der Waals surface area contributed by atoms with Crippen LogP contribution in [0, 0.1) is 0 Å². The molecule has 0 heterocycles. The van der Waals surface area contributed by atoms with Crippen LogP contribution in [0.15, 0.2) is 175 Å². The monoisotopic (exact) mass is 688 g/mol. The van der Waals surface area contributed by atoms with Gasteiger partial charge in [0.25, 0.3) is 0 Å². The highest BCUT2D eigenvalue weighted by Crippen LogP contribution is 2.63. The van der Waals surface area contributed by atoms with E-state index in [1.807, 2.05) is 13.8 Å². The molecule has 3 aliphatic carbocycles. The zero-order chi connectivity index (χ0) is 36.7. The number of hydrazine groups is 1. The van der Waals surface area contributed by atoms with E-state index >= 15 is 0 Å². The van der Waals surface area contributed by atoms with Gasteiger partial charge in [-0.05, 0) is 96.1 Å². The van der Waals surface area contributed by atoms with Crippen molar-refractivity contribution in [1.29, 1.82) is 0 Å². The normalized spacial score (nSPS) is 17.3. The molecule has 0 amide bonds. The van der Waals surface area contributed by atoms with E-state index in [1.54, 1.807) is 5.57 Å². The molecule has 10 rings (SSSR count). The molecule has 0 saturated heterocycles. The van der Waals surface area contributed by atoms with Crippen LogP contribution in [0.1, 0.15) is 85.4 Å². The summed E-state index contributed by atoms with van der Waals surface area (Å²) < 4.78 is 0. The first kappa shape index (κ1) is 34.5. The van der Waals surface area contributed by atoms with Gasteiger partial charge in [0.1, 0.15) is 0 Å². The number of rotatable bonds is 3. The third kappa shape index (κ3) is 5.23. The van der Waals surface area contributed by atoms with E-state index in [-0.39, 0.29) is 16.7 Å². The maximum atomic E-state index is 4.00. The summed E-state index contributed by atoms with van der Waals surface area (Å²) >= 11 is 0. The molecule has 0 radical (unpaired) electrons. The zero-order valence-corrected chi connectivity index (χ0v) is 31.2. The van der Waals surface area contributed by atoms with Crippen LogP contribution in [0.3, 0.4) is 0 Å². The molecule has 1 unspecified atom stereocenters. The van der Waals surface area contributed by atoms with Crippen LogP contribution in [-0.4, -0.2) is 0 Å². The molecular weight excluding hydrogens is 641 g/mol. The summed E-state index contributed by atoms with van der Waals surface area (Å²) in [6.45, 7) is 8.88. The third-order valence-corrected chi connectivity index (χ3v) is 11.9. The minimum absolute atomic E-state index is 0.0170. The fourth-order valence-corrected chi connectivity index (χ4v) is 9.74. The lowest BCUT2D eigenvalue weighted by atomic mass is 9.54.